The van der Waals surface area contributed by atoms with Gasteiger partial charge in [0.2, 0.25) is 5.90 Å². The topological polar surface area (TPSA) is 92.7 Å². The SMILES string of the molecule is CCNC(=O)N/C(=C\C(=N)Oc1c(Cl)cc(C(F)(F)F)cc1Cl)COOC. The second-order valence-electron chi connectivity index (χ2n) is 4.82. The first-order valence-corrected chi connectivity index (χ1v) is 8.07. The van der Waals surface area contributed by atoms with Gasteiger partial charge in [0.1, 0.15) is 6.61 Å². The van der Waals surface area contributed by atoms with Crippen LogP contribution in [0.5, 0.6) is 5.75 Å². The van der Waals surface area contributed by atoms with Crippen molar-refractivity contribution in [1.82, 2.24) is 10.6 Å². The molecule has 1 rings (SSSR count). The molecule has 27 heavy (non-hydrogen) atoms. The zero-order valence-corrected chi connectivity index (χ0v) is 15.7. The van der Waals surface area contributed by atoms with Gasteiger partial charge >= 0.3 is 12.2 Å². The molecule has 0 aliphatic rings. The van der Waals surface area contributed by atoms with E-state index < -0.39 is 33.7 Å². The van der Waals surface area contributed by atoms with Gasteiger partial charge in [-0.2, -0.15) is 13.2 Å². The van der Waals surface area contributed by atoms with Gasteiger partial charge in [-0.05, 0) is 19.1 Å². The Hall–Kier alpha value is -2.01. The predicted octanol–water partition coefficient (Wildman–Crippen LogP) is 4.15. The van der Waals surface area contributed by atoms with Crippen molar-refractivity contribution >= 4 is 35.1 Å². The predicted molar refractivity (Wildman–Crippen MR) is 93.1 cm³/mol. The van der Waals surface area contributed by atoms with Gasteiger partial charge in [-0.1, -0.05) is 23.2 Å². The molecule has 3 N–H and O–H groups in total. The lowest BCUT2D eigenvalue weighted by atomic mass is 10.2. The highest BCUT2D eigenvalue weighted by Gasteiger charge is 2.32. The number of nitrogens with one attached hydrogen (secondary N) is 3. The summed E-state index contributed by atoms with van der Waals surface area (Å²) in [5, 5.41) is 11.8. The molecular formula is C15H16Cl2F3N3O4. The van der Waals surface area contributed by atoms with Crippen LogP contribution in [0.25, 0.3) is 0 Å². The van der Waals surface area contributed by atoms with Crippen LogP contribution in [-0.4, -0.2) is 32.2 Å². The number of halogens is 5. The molecule has 150 valence electrons. The van der Waals surface area contributed by atoms with E-state index in [1.54, 1.807) is 6.92 Å². The van der Waals surface area contributed by atoms with E-state index in [9.17, 15) is 18.0 Å². The van der Waals surface area contributed by atoms with E-state index in [-0.39, 0.29) is 18.1 Å². The maximum Gasteiger partial charge on any atom is 0.416 e. The first kappa shape index (κ1) is 23.0. The molecule has 7 nitrogen and oxygen atoms in total. The number of hydrogen-bond donors (Lipinski definition) is 3. The Labute approximate surface area is 162 Å². The molecule has 0 spiro atoms. The van der Waals surface area contributed by atoms with Gasteiger partial charge in [-0.3, -0.25) is 5.41 Å². The third-order valence-electron chi connectivity index (χ3n) is 2.79. The summed E-state index contributed by atoms with van der Waals surface area (Å²) in [5.74, 6) is -0.900. The van der Waals surface area contributed by atoms with E-state index in [0.717, 1.165) is 6.08 Å². The number of ether oxygens (including phenoxy) is 1. The maximum atomic E-state index is 12.7. The summed E-state index contributed by atoms with van der Waals surface area (Å²) in [6.07, 6.45) is -3.58. The lowest BCUT2D eigenvalue weighted by molar-refractivity contribution is -0.265. The standard InChI is InChI=1S/C15H16Cl2F3N3O4/c1-3-22-14(24)23-9(7-26-25-2)6-12(21)27-13-10(16)4-8(5-11(13)17)15(18,19)20/h4-6,21H,3,7H2,1-2H3,(H2,22,23,24)/b9-6-,21-12?. The van der Waals surface area contributed by atoms with Crippen molar-refractivity contribution in [3.05, 3.63) is 39.5 Å². The first-order chi connectivity index (χ1) is 12.6. The second kappa shape index (κ2) is 10.4. The van der Waals surface area contributed by atoms with Crippen molar-refractivity contribution in [1.29, 1.82) is 5.41 Å². The minimum atomic E-state index is -4.64. The van der Waals surface area contributed by atoms with Crippen molar-refractivity contribution in [2.75, 3.05) is 20.3 Å². The zero-order chi connectivity index (χ0) is 20.6. The highest BCUT2D eigenvalue weighted by molar-refractivity contribution is 6.37. The van der Waals surface area contributed by atoms with Crippen molar-refractivity contribution in [2.45, 2.75) is 13.1 Å². The molecule has 0 atom stereocenters. The summed E-state index contributed by atoms with van der Waals surface area (Å²) in [6, 6.07) is 0.686. The number of rotatable bonds is 7. The summed E-state index contributed by atoms with van der Waals surface area (Å²) in [5.41, 5.74) is -0.981. The molecule has 1 aromatic carbocycles. The summed E-state index contributed by atoms with van der Waals surface area (Å²) >= 11 is 11.6. The normalized spacial score (nSPS) is 11.9. The van der Waals surface area contributed by atoms with Crippen molar-refractivity contribution < 1.29 is 32.5 Å². The third kappa shape index (κ3) is 7.63. The zero-order valence-electron chi connectivity index (χ0n) is 14.2. The van der Waals surface area contributed by atoms with E-state index in [2.05, 4.69) is 20.4 Å². The monoisotopic (exact) mass is 429 g/mol. The molecule has 0 bridgehead atoms. The quantitative estimate of drug-likeness (QED) is 0.262. The number of carbonyl (C=O) groups is 1. The average Bonchev–Trinajstić information content (AvgIpc) is 2.55. The van der Waals surface area contributed by atoms with Crippen LogP contribution in [0.3, 0.4) is 0 Å². The third-order valence-corrected chi connectivity index (χ3v) is 3.35. The molecule has 0 radical (unpaired) electrons. The molecule has 0 unspecified atom stereocenters. The fourth-order valence-electron chi connectivity index (χ4n) is 1.71. The van der Waals surface area contributed by atoms with Crippen LogP contribution in [0, 0.1) is 5.41 Å². The van der Waals surface area contributed by atoms with Gasteiger partial charge in [-0.25, -0.2) is 14.6 Å². The Balaban J connectivity index is 3.00. The molecule has 1 aromatic rings. The Kier molecular flexibility index (Phi) is 8.83. The summed E-state index contributed by atoms with van der Waals surface area (Å²) < 4.78 is 43.3. The summed E-state index contributed by atoms with van der Waals surface area (Å²) in [7, 11) is 1.24. The van der Waals surface area contributed by atoms with Crippen molar-refractivity contribution in [3.63, 3.8) is 0 Å². The lowest BCUT2D eigenvalue weighted by Gasteiger charge is -2.13. The minimum absolute atomic E-state index is 0.0759. The molecule has 0 saturated carbocycles. The van der Waals surface area contributed by atoms with Gasteiger partial charge in [0, 0.05) is 12.6 Å². The van der Waals surface area contributed by atoms with Crippen LogP contribution < -0.4 is 15.4 Å². The fraction of sp³-hybridized carbons (Fsp3) is 0.333. The fourth-order valence-corrected chi connectivity index (χ4v) is 2.27. The number of urea groups is 1. The largest absolute Gasteiger partial charge is 0.436 e. The molecule has 0 aromatic heterocycles. The number of carbonyl (C=O) groups excluding carboxylic acids is 1. The maximum absolute atomic E-state index is 12.7. The molecular weight excluding hydrogens is 414 g/mol. The first-order valence-electron chi connectivity index (χ1n) is 7.32. The summed E-state index contributed by atoms with van der Waals surface area (Å²) in [4.78, 5) is 20.7. The Morgan fingerprint density at radius 3 is 2.37 bits per heavy atom. The smallest absolute Gasteiger partial charge is 0.416 e. The molecule has 0 fully saturated rings. The summed E-state index contributed by atoms with van der Waals surface area (Å²) in [6.45, 7) is 1.82. The highest BCUT2D eigenvalue weighted by atomic mass is 35.5. The van der Waals surface area contributed by atoms with Crippen LogP contribution in [0.15, 0.2) is 23.9 Å². The van der Waals surface area contributed by atoms with E-state index in [4.69, 9.17) is 33.3 Å². The molecule has 0 aliphatic carbocycles. The Bertz CT molecular complexity index is 704. The Morgan fingerprint density at radius 1 is 1.30 bits per heavy atom. The van der Waals surface area contributed by atoms with Crippen molar-refractivity contribution in [2.24, 2.45) is 0 Å². The lowest BCUT2D eigenvalue weighted by Crippen LogP contribution is -2.36. The van der Waals surface area contributed by atoms with Crippen LogP contribution >= 0.6 is 23.2 Å². The van der Waals surface area contributed by atoms with Gasteiger partial charge in [0.15, 0.2) is 5.75 Å². The van der Waals surface area contributed by atoms with E-state index >= 15 is 0 Å². The van der Waals surface area contributed by atoms with Gasteiger partial charge in [0.25, 0.3) is 0 Å². The van der Waals surface area contributed by atoms with Gasteiger partial charge in [0.05, 0.1) is 28.4 Å². The second-order valence-corrected chi connectivity index (χ2v) is 5.63. The van der Waals surface area contributed by atoms with Gasteiger partial charge in [-0.15, -0.1) is 0 Å². The number of alkyl halides is 3. The minimum Gasteiger partial charge on any atom is -0.436 e. The Morgan fingerprint density at radius 2 is 1.89 bits per heavy atom. The number of hydrogen-bond acceptors (Lipinski definition) is 5. The molecule has 12 heteroatoms. The van der Waals surface area contributed by atoms with E-state index in [1.165, 1.54) is 7.11 Å². The van der Waals surface area contributed by atoms with Crippen molar-refractivity contribution in [3.8, 4) is 5.75 Å². The van der Waals surface area contributed by atoms with Crippen LogP contribution in [0.1, 0.15) is 12.5 Å². The number of amides is 2. The van der Waals surface area contributed by atoms with E-state index in [0.29, 0.717) is 18.7 Å². The molecule has 0 heterocycles. The van der Waals surface area contributed by atoms with E-state index in [1.807, 2.05) is 0 Å². The van der Waals surface area contributed by atoms with Crippen LogP contribution in [0.2, 0.25) is 10.0 Å². The average molecular weight is 430 g/mol. The molecule has 2 amide bonds. The van der Waals surface area contributed by atoms with Gasteiger partial charge < -0.3 is 15.4 Å². The molecule has 0 aliphatic heterocycles. The van der Waals surface area contributed by atoms with Crippen LogP contribution in [-0.2, 0) is 16.0 Å². The molecule has 0 saturated heterocycles. The number of benzene rings is 1. The highest BCUT2D eigenvalue weighted by Crippen LogP contribution is 2.39. The van der Waals surface area contributed by atoms with Crippen LogP contribution in [0.4, 0.5) is 18.0 Å².